The van der Waals surface area contributed by atoms with Gasteiger partial charge >= 0.3 is 12.1 Å². The van der Waals surface area contributed by atoms with Crippen molar-refractivity contribution in [1.82, 2.24) is 40.5 Å². The number of likely N-dealkylation sites (N-methyl/N-ethyl adjacent to an activating group) is 2. The Morgan fingerprint density at radius 3 is 1.25 bits per heavy atom. The topological polar surface area (TPSA) is 218 Å². The van der Waals surface area contributed by atoms with Gasteiger partial charge in [-0.2, -0.15) is 0 Å². The van der Waals surface area contributed by atoms with Crippen molar-refractivity contribution in [3.05, 3.63) is 125 Å². The predicted octanol–water partition coefficient (Wildman–Crippen LogP) is 6.77. The molecule has 4 aromatic carbocycles. The van der Waals surface area contributed by atoms with Gasteiger partial charge < -0.3 is 50.0 Å². The van der Waals surface area contributed by atoms with E-state index in [4.69, 9.17) is 65.4 Å². The summed E-state index contributed by atoms with van der Waals surface area (Å²) in [6.45, 7) is 9.70. The molecule has 0 spiro atoms. The molecule has 6 rings (SSSR count). The van der Waals surface area contributed by atoms with E-state index < -0.39 is 20.0 Å². The van der Waals surface area contributed by atoms with Crippen molar-refractivity contribution in [1.29, 1.82) is 0 Å². The summed E-state index contributed by atoms with van der Waals surface area (Å²) in [6, 6.07) is 17.6. The molecule has 0 aromatic heterocycles. The molecule has 0 fully saturated rings. The number of hydrogen-bond acceptors (Lipinski definition) is 12. The van der Waals surface area contributed by atoms with Crippen molar-refractivity contribution < 1.29 is 45.4 Å². The fourth-order valence-corrected chi connectivity index (χ4v) is 12.8. The summed E-state index contributed by atoms with van der Waals surface area (Å²) >= 11 is 25.8. The molecule has 2 aliphatic rings. The third-order valence-corrected chi connectivity index (χ3v) is 17.2. The average Bonchev–Trinajstić information content (AvgIpc) is 3.37. The molecular formula is C52H70Cl4N8O10S2. The molecule has 2 heterocycles. The molecular weight excluding hydrogens is 1100 g/mol. The zero-order valence-electron chi connectivity index (χ0n) is 43.4. The monoisotopic (exact) mass is 1170 g/mol. The number of halogens is 4. The summed E-state index contributed by atoms with van der Waals surface area (Å²) in [5.74, 6) is -0.201. The Hall–Kier alpha value is -3.84. The van der Waals surface area contributed by atoms with Gasteiger partial charge in [0, 0.05) is 97.4 Å². The lowest BCUT2D eigenvalue weighted by atomic mass is 9.84. The van der Waals surface area contributed by atoms with Gasteiger partial charge in [-0.05, 0) is 122 Å². The highest BCUT2D eigenvalue weighted by atomic mass is 35.5. The zero-order chi connectivity index (χ0) is 54.8. The molecule has 0 saturated heterocycles. The largest absolute Gasteiger partial charge is 0.378 e. The number of fused-ring (bicyclic) bond motifs is 2. The molecule has 2 aliphatic heterocycles. The lowest BCUT2D eigenvalue weighted by Crippen LogP contribution is -2.39. The molecule has 2 unspecified atom stereocenters. The lowest BCUT2D eigenvalue weighted by molar-refractivity contribution is 0.0516. The molecule has 2 atom stereocenters. The average molecular weight is 1170 g/mol. The van der Waals surface area contributed by atoms with Gasteiger partial charge in [-0.1, -0.05) is 70.7 Å². The number of nitrogens with zero attached hydrogens (tertiary/aromatic N) is 2. The minimum Gasteiger partial charge on any atom is -0.378 e. The van der Waals surface area contributed by atoms with Crippen molar-refractivity contribution in [3.63, 3.8) is 0 Å². The molecule has 4 aromatic rings. The number of benzene rings is 4. The van der Waals surface area contributed by atoms with Crippen LogP contribution >= 0.6 is 46.4 Å². The van der Waals surface area contributed by atoms with Gasteiger partial charge in [-0.25, -0.2) is 35.9 Å². The number of ether oxygens (including phenoxy) is 4. The second kappa shape index (κ2) is 29.9. The Balaban J connectivity index is 0.721. The van der Waals surface area contributed by atoms with Gasteiger partial charge in [-0.15, -0.1) is 0 Å². The number of hydrogen-bond donors (Lipinski definition) is 6. The fraction of sp³-hybridized carbons (Fsp3) is 0.500. The smallest absolute Gasteiger partial charge is 0.314 e. The molecule has 6 N–H and O–H groups in total. The van der Waals surface area contributed by atoms with Gasteiger partial charge in [0.1, 0.15) is 0 Å². The van der Waals surface area contributed by atoms with Crippen LogP contribution in [0.25, 0.3) is 0 Å². The van der Waals surface area contributed by atoms with E-state index in [1.54, 1.807) is 38.1 Å². The molecule has 76 heavy (non-hydrogen) atoms. The van der Waals surface area contributed by atoms with Crippen molar-refractivity contribution >= 4 is 78.5 Å². The molecule has 4 amide bonds. The fourth-order valence-electron chi connectivity index (χ4n) is 9.06. The number of unbranched alkanes of at least 4 members (excludes halogenated alkanes) is 1. The molecule has 18 nitrogen and oxygen atoms in total. The summed E-state index contributed by atoms with van der Waals surface area (Å²) < 4.78 is 80.9. The van der Waals surface area contributed by atoms with Crippen molar-refractivity contribution in [2.45, 2.75) is 61.4 Å². The number of sulfonamides is 2. The second-order valence-corrected chi connectivity index (χ2v) is 23.9. The van der Waals surface area contributed by atoms with Gasteiger partial charge in [0.25, 0.3) is 0 Å². The maximum Gasteiger partial charge on any atom is 0.314 e. The van der Waals surface area contributed by atoms with E-state index >= 15 is 0 Å². The Morgan fingerprint density at radius 2 is 0.868 bits per heavy atom. The van der Waals surface area contributed by atoms with Crippen molar-refractivity contribution in [2.24, 2.45) is 0 Å². The highest BCUT2D eigenvalue weighted by molar-refractivity contribution is 7.89. The van der Waals surface area contributed by atoms with E-state index in [0.717, 1.165) is 33.4 Å². The Bertz CT molecular complexity index is 2650. The lowest BCUT2D eigenvalue weighted by Gasteiger charge is -2.33. The second-order valence-electron chi connectivity index (χ2n) is 18.8. The van der Waals surface area contributed by atoms with E-state index in [1.807, 2.05) is 50.5 Å². The molecule has 0 saturated carbocycles. The third kappa shape index (κ3) is 18.4. The van der Waals surface area contributed by atoms with Crippen LogP contribution < -0.4 is 30.7 Å². The van der Waals surface area contributed by atoms with Crippen LogP contribution in [0.3, 0.4) is 0 Å². The Labute approximate surface area is 467 Å². The van der Waals surface area contributed by atoms with Gasteiger partial charge in [-0.3, -0.25) is 0 Å². The number of rotatable bonds is 29. The molecule has 0 radical (unpaired) electrons. The highest BCUT2D eigenvalue weighted by Gasteiger charge is 2.30. The van der Waals surface area contributed by atoms with Gasteiger partial charge in [0.15, 0.2) is 0 Å². The van der Waals surface area contributed by atoms with Crippen molar-refractivity contribution in [2.75, 3.05) is 119 Å². The van der Waals surface area contributed by atoms with Crippen LogP contribution in [0.4, 0.5) is 9.59 Å². The predicted molar refractivity (Wildman–Crippen MR) is 297 cm³/mol. The first kappa shape index (κ1) is 61.4. The number of carbonyl (C=O) groups excluding carboxylic acids is 2. The number of nitrogens with one attached hydrogen (secondary N) is 6. The SMILES string of the molecule is Cc1ccc(C2CN(C)Cc3c(Cl)cc(Cl)cc32)cc1S(=O)(=O)NCCOCCOCCNC(=O)NCCCCNC(=O)NCCOCCOCCNS(=O)(=O)c1cc(C2CN(C)Cc3c(Cl)cc(Cl)cc32)ccc1C. The quantitative estimate of drug-likeness (QED) is 0.0311. The molecule has 0 bridgehead atoms. The number of aryl methyl sites for hydroxylation is 2. The molecule has 0 aliphatic carbocycles. The Kier molecular flexibility index (Phi) is 24.2. The summed E-state index contributed by atoms with van der Waals surface area (Å²) in [5, 5.41) is 13.2. The van der Waals surface area contributed by atoms with Gasteiger partial charge in [0.2, 0.25) is 20.0 Å². The van der Waals surface area contributed by atoms with Crippen molar-refractivity contribution in [3.8, 4) is 0 Å². The molecule has 418 valence electrons. The third-order valence-electron chi connectivity index (χ3n) is 12.9. The van der Waals surface area contributed by atoms with Crippen LogP contribution in [0.1, 0.15) is 69.2 Å². The van der Waals surface area contributed by atoms with E-state index in [-0.39, 0.29) is 113 Å². The summed E-state index contributed by atoms with van der Waals surface area (Å²) in [5.41, 5.74) is 6.95. The first-order valence-corrected chi connectivity index (χ1v) is 29.7. The number of carbonyl (C=O) groups is 2. The summed E-state index contributed by atoms with van der Waals surface area (Å²) in [6.07, 6.45) is 1.31. The minimum atomic E-state index is -3.83. The molecule has 24 heteroatoms. The Morgan fingerprint density at radius 1 is 0.513 bits per heavy atom. The van der Waals surface area contributed by atoms with Crippen LogP contribution in [-0.4, -0.2) is 158 Å². The van der Waals surface area contributed by atoms with E-state index in [2.05, 4.69) is 40.5 Å². The first-order valence-electron chi connectivity index (χ1n) is 25.2. The zero-order valence-corrected chi connectivity index (χ0v) is 48.0. The number of amides is 4. The van der Waals surface area contributed by atoms with E-state index in [9.17, 15) is 26.4 Å². The van der Waals surface area contributed by atoms with Crippen LogP contribution in [0.2, 0.25) is 20.1 Å². The number of urea groups is 2. The van der Waals surface area contributed by atoms with Crippen LogP contribution in [0, 0.1) is 13.8 Å². The van der Waals surface area contributed by atoms with E-state index in [1.165, 1.54) is 0 Å². The minimum absolute atomic E-state index is 0.0779. The van der Waals surface area contributed by atoms with Crippen LogP contribution in [-0.2, 0) is 52.1 Å². The standard InChI is InChI=1S/C52H70Cl4N8O10S2/c1-35-7-9-37(43-31-63(3)33-45-41(43)27-39(53)29-47(45)55)25-49(35)75(67,68)61-15-19-73-23-21-71-17-13-59-51(65)57-11-5-6-12-58-52(66)60-14-18-72-22-24-74-20-16-62-76(69,70)50-26-38(10-8-36(50)2)44-32-64(4)34-46-42(44)28-40(54)30-48(46)56/h7-10,25-30,43-44,61-62H,5-6,11-24,31-34H2,1-4H3,(H2,57,59,65)(H2,58,60,66). The maximum absolute atomic E-state index is 13.4. The first-order chi connectivity index (χ1) is 36.3. The van der Waals surface area contributed by atoms with E-state index in [0.29, 0.717) is 83.3 Å². The van der Waals surface area contributed by atoms with Gasteiger partial charge in [0.05, 0.1) is 62.6 Å². The maximum atomic E-state index is 13.4. The van der Waals surface area contributed by atoms with Crippen LogP contribution in [0.5, 0.6) is 0 Å². The highest BCUT2D eigenvalue weighted by Crippen LogP contribution is 2.41. The summed E-state index contributed by atoms with van der Waals surface area (Å²) in [7, 11) is -3.64. The normalized spacial score (nSPS) is 16.0. The summed E-state index contributed by atoms with van der Waals surface area (Å²) in [4.78, 5) is 29.0. The van der Waals surface area contributed by atoms with Crippen LogP contribution in [0.15, 0.2) is 70.5 Å².